The van der Waals surface area contributed by atoms with E-state index in [9.17, 15) is 9.59 Å². The molecule has 4 nitrogen and oxygen atoms in total. The van der Waals surface area contributed by atoms with Crippen LogP contribution < -0.4 is 58.2 Å². The maximum absolute atomic E-state index is 11.6. The number of ether oxygens (including phenoxy) is 2. The van der Waals surface area contributed by atoms with Crippen LogP contribution in [0.2, 0.25) is 0 Å². The van der Waals surface area contributed by atoms with Crippen LogP contribution in [0.3, 0.4) is 0 Å². The summed E-state index contributed by atoms with van der Waals surface area (Å²) in [5.74, 6) is 0.232. The molecule has 1 aliphatic heterocycles. The molecule has 0 aromatic carbocycles. The van der Waals surface area contributed by atoms with Gasteiger partial charge in [-0.1, -0.05) is 6.92 Å². The quantitative estimate of drug-likeness (QED) is 0.486. The molecule has 0 radical (unpaired) electrons. The monoisotopic (exact) mass is 324 g/mol. The topological polar surface area (TPSA) is 52.6 Å². The first kappa shape index (κ1) is 16.7. The number of rotatable bonds is 4. The predicted molar refractivity (Wildman–Crippen MR) is 60.9 cm³/mol. The average Bonchev–Trinajstić information content (AvgIpc) is 2.86. The summed E-state index contributed by atoms with van der Waals surface area (Å²) < 4.78 is 10.5. The maximum atomic E-state index is 11.6. The van der Waals surface area contributed by atoms with E-state index in [2.05, 4.69) is 0 Å². The Morgan fingerprint density at radius 3 is 2.89 bits per heavy atom. The van der Waals surface area contributed by atoms with Gasteiger partial charge in [0.25, 0.3) is 0 Å². The van der Waals surface area contributed by atoms with Gasteiger partial charge >= 0.3 is 64.2 Å². The molecule has 3 unspecified atom stereocenters. The van der Waals surface area contributed by atoms with Crippen molar-refractivity contribution in [2.45, 2.75) is 45.6 Å². The first-order valence-corrected chi connectivity index (χ1v) is 6.33. The SMILES string of the molecule is CC[C-](C)C(=O)OCC1C(=O)OC2CCCC21.[Rb+]. The summed E-state index contributed by atoms with van der Waals surface area (Å²) in [6.45, 7) is 3.84. The fourth-order valence-corrected chi connectivity index (χ4v) is 2.60. The molecule has 2 rings (SSSR count). The number of hydrogen-bond donors (Lipinski definition) is 0. The van der Waals surface area contributed by atoms with Gasteiger partial charge in [0.15, 0.2) is 5.97 Å². The second kappa shape index (κ2) is 7.41. The van der Waals surface area contributed by atoms with Crippen molar-refractivity contribution in [3.05, 3.63) is 5.92 Å². The van der Waals surface area contributed by atoms with E-state index in [4.69, 9.17) is 9.47 Å². The number of carbonyl (C=O) groups is 2. The van der Waals surface area contributed by atoms with Crippen LogP contribution >= 0.6 is 0 Å². The van der Waals surface area contributed by atoms with E-state index in [-0.39, 0.29) is 94.7 Å². The molecule has 0 aromatic heterocycles. The molecule has 0 aromatic rings. The first-order valence-electron chi connectivity index (χ1n) is 6.33. The van der Waals surface area contributed by atoms with Crippen molar-refractivity contribution in [2.24, 2.45) is 11.8 Å². The van der Waals surface area contributed by atoms with Gasteiger partial charge in [-0.15, -0.1) is 0 Å². The Morgan fingerprint density at radius 2 is 2.22 bits per heavy atom. The molecule has 0 amide bonds. The summed E-state index contributed by atoms with van der Waals surface area (Å²) >= 11 is 0. The van der Waals surface area contributed by atoms with Gasteiger partial charge in [0.1, 0.15) is 12.7 Å². The molecular weight excluding hydrogens is 306 g/mol. The molecule has 2 fully saturated rings. The van der Waals surface area contributed by atoms with Crippen molar-refractivity contribution in [3.8, 4) is 0 Å². The minimum atomic E-state index is -0.290. The van der Waals surface area contributed by atoms with Gasteiger partial charge in [-0.2, -0.15) is 13.3 Å². The zero-order valence-electron chi connectivity index (χ0n) is 11.4. The smallest absolute Gasteiger partial charge is 0.487 e. The van der Waals surface area contributed by atoms with E-state index in [1.165, 1.54) is 0 Å². The molecule has 18 heavy (non-hydrogen) atoms. The van der Waals surface area contributed by atoms with E-state index in [1.54, 1.807) is 6.92 Å². The summed E-state index contributed by atoms with van der Waals surface area (Å²) in [5.41, 5.74) is 0. The molecule has 1 saturated heterocycles. The van der Waals surface area contributed by atoms with Crippen LogP contribution in [-0.4, -0.2) is 24.6 Å². The van der Waals surface area contributed by atoms with Crippen LogP contribution in [0.1, 0.15) is 39.5 Å². The van der Waals surface area contributed by atoms with Gasteiger partial charge < -0.3 is 9.47 Å². The molecular formula is C13H19O4Rb. The Balaban J connectivity index is 0.00000162. The molecule has 1 saturated carbocycles. The van der Waals surface area contributed by atoms with E-state index in [0.29, 0.717) is 12.3 Å². The molecule has 0 N–H and O–H groups in total. The first-order chi connectivity index (χ1) is 8.13. The van der Waals surface area contributed by atoms with E-state index >= 15 is 0 Å². The summed E-state index contributed by atoms with van der Waals surface area (Å²) in [6.07, 6.45) is 3.82. The largest absolute Gasteiger partial charge is 1.00 e. The van der Waals surface area contributed by atoms with Crippen LogP contribution in [-0.2, 0) is 19.1 Å². The fourth-order valence-electron chi connectivity index (χ4n) is 2.60. The van der Waals surface area contributed by atoms with Crippen LogP contribution in [0.15, 0.2) is 0 Å². The second-order valence-corrected chi connectivity index (χ2v) is 4.91. The van der Waals surface area contributed by atoms with Crippen molar-refractivity contribution in [3.63, 3.8) is 0 Å². The average molecular weight is 325 g/mol. The van der Waals surface area contributed by atoms with Crippen molar-refractivity contribution >= 4 is 11.9 Å². The van der Waals surface area contributed by atoms with Gasteiger partial charge in [-0.3, -0.25) is 15.5 Å². The van der Waals surface area contributed by atoms with Crippen molar-refractivity contribution in [1.29, 1.82) is 0 Å². The molecule has 5 heteroatoms. The fraction of sp³-hybridized carbons (Fsp3) is 0.769. The number of esters is 2. The number of hydrogen-bond acceptors (Lipinski definition) is 4. The van der Waals surface area contributed by atoms with Gasteiger partial charge in [0, 0.05) is 5.92 Å². The molecule has 3 atom stereocenters. The van der Waals surface area contributed by atoms with E-state index in [1.807, 2.05) is 6.92 Å². The van der Waals surface area contributed by atoms with Crippen LogP contribution in [0.25, 0.3) is 0 Å². The zero-order valence-corrected chi connectivity index (χ0v) is 16.3. The van der Waals surface area contributed by atoms with E-state index in [0.717, 1.165) is 19.3 Å². The molecule has 96 valence electrons. The summed E-state index contributed by atoms with van der Waals surface area (Å²) in [4.78, 5) is 23.1. The molecule has 1 heterocycles. The Bertz CT molecular complexity index is 318. The molecule has 2 aliphatic rings. The Kier molecular flexibility index (Phi) is 6.86. The Hall–Kier alpha value is 0.615. The molecule has 0 spiro atoms. The van der Waals surface area contributed by atoms with Crippen molar-refractivity contribution in [2.75, 3.05) is 6.61 Å². The third-order valence-corrected chi connectivity index (χ3v) is 3.86. The van der Waals surface area contributed by atoms with Crippen LogP contribution in [0.4, 0.5) is 0 Å². The zero-order chi connectivity index (χ0) is 12.4. The Labute approximate surface area is 157 Å². The third-order valence-electron chi connectivity index (χ3n) is 3.86. The second-order valence-electron chi connectivity index (χ2n) is 4.91. The Morgan fingerprint density at radius 1 is 1.50 bits per heavy atom. The maximum Gasteiger partial charge on any atom is 1.00 e. The van der Waals surface area contributed by atoms with Gasteiger partial charge in [-0.05, 0) is 19.3 Å². The van der Waals surface area contributed by atoms with Crippen LogP contribution in [0.5, 0.6) is 0 Å². The normalized spacial score (nSPS) is 29.2. The molecule has 0 bridgehead atoms. The van der Waals surface area contributed by atoms with Gasteiger partial charge in [0.2, 0.25) is 0 Å². The van der Waals surface area contributed by atoms with E-state index < -0.39 is 0 Å². The molecule has 1 aliphatic carbocycles. The predicted octanol–water partition coefficient (Wildman–Crippen LogP) is -1.12. The van der Waals surface area contributed by atoms with Crippen molar-refractivity contribution < 1.29 is 77.3 Å². The van der Waals surface area contributed by atoms with Crippen molar-refractivity contribution in [1.82, 2.24) is 0 Å². The summed E-state index contributed by atoms with van der Waals surface area (Å²) in [6, 6.07) is 0. The van der Waals surface area contributed by atoms with Crippen LogP contribution in [0, 0.1) is 17.8 Å². The minimum absolute atomic E-state index is 0. The third kappa shape index (κ3) is 3.59. The number of fused-ring (bicyclic) bond motifs is 1. The summed E-state index contributed by atoms with van der Waals surface area (Å²) in [5, 5.41) is 0. The van der Waals surface area contributed by atoms with Gasteiger partial charge in [-0.25, -0.2) is 0 Å². The van der Waals surface area contributed by atoms with Gasteiger partial charge in [0.05, 0.1) is 5.92 Å². The summed E-state index contributed by atoms with van der Waals surface area (Å²) in [7, 11) is 0. The number of carbonyl (C=O) groups excluding carboxylic acids is 2. The minimum Gasteiger partial charge on any atom is -0.487 e. The standard InChI is InChI=1S/C13H19O4.Rb/c1-3-8(2)12(14)16-7-10-9-5-4-6-11(9)17-13(10)15;/h9-11H,3-7H2,1-2H3;/q-1;+1.